The molecule has 2 heterocycles. The normalized spacial score (nSPS) is 17.9. The van der Waals surface area contributed by atoms with E-state index < -0.39 is 0 Å². The molecule has 126 valence electrons. The van der Waals surface area contributed by atoms with Crippen molar-refractivity contribution in [1.29, 1.82) is 0 Å². The fourth-order valence-corrected chi connectivity index (χ4v) is 3.56. The van der Waals surface area contributed by atoms with Gasteiger partial charge in [-0.2, -0.15) is 0 Å². The molecule has 0 fully saturated rings. The van der Waals surface area contributed by atoms with Gasteiger partial charge in [0.25, 0.3) is 0 Å². The molecular formula is C20H19BrN4. The van der Waals surface area contributed by atoms with Crippen molar-refractivity contribution in [2.45, 2.75) is 38.6 Å². The summed E-state index contributed by atoms with van der Waals surface area (Å²) >= 11 is 3.60. The molecule has 1 aliphatic rings. The van der Waals surface area contributed by atoms with Gasteiger partial charge < -0.3 is 0 Å². The highest BCUT2D eigenvalue weighted by atomic mass is 79.9. The Bertz CT molecular complexity index is 1020. The Morgan fingerprint density at radius 3 is 2.36 bits per heavy atom. The second-order valence-electron chi connectivity index (χ2n) is 7.46. The van der Waals surface area contributed by atoms with Gasteiger partial charge in [0, 0.05) is 15.5 Å². The minimum absolute atomic E-state index is 0.111. The maximum Gasteiger partial charge on any atom is 0.201 e. The molecule has 1 aromatic heterocycles. The molecule has 0 bridgehead atoms. The Morgan fingerprint density at radius 1 is 0.880 bits per heavy atom. The molecule has 0 amide bonds. The Hall–Kier alpha value is -2.14. The van der Waals surface area contributed by atoms with Gasteiger partial charge in [0.2, 0.25) is 5.82 Å². The summed E-state index contributed by atoms with van der Waals surface area (Å²) < 4.78 is 1.06. The average Bonchev–Trinajstić information content (AvgIpc) is 2.58. The van der Waals surface area contributed by atoms with Gasteiger partial charge in [0.1, 0.15) is 11.2 Å². The van der Waals surface area contributed by atoms with Crippen molar-refractivity contribution >= 4 is 32.7 Å². The largest absolute Gasteiger partial charge is 0.274 e. The minimum atomic E-state index is -0.287. The lowest BCUT2D eigenvalue weighted by atomic mass is 9.66. The zero-order valence-corrected chi connectivity index (χ0v) is 16.3. The summed E-state index contributed by atoms with van der Waals surface area (Å²) in [6.07, 6.45) is 0. The second kappa shape index (κ2) is 5.43. The topological polar surface area (TPSA) is 51.0 Å². The average molecular weight is 395 g/mol. The summed E-state index contributed by atoms with van der Waals surface area (Å²) in [5, 5.41) is 8.69. The lowest BCUT2D eigenvalue weighted by molar-refractivity contribution is 0.303. The molecule has 25 heavy (non-hydrogen) atoms. The third kappa shape index (κ3) is 2.49. The number of para-hydroxylation sites is 1. The van der Waals surface area contributed by atoms with E-state index in [2.05, 4.69) is 66.0 Å². The Labute approximate surface area is 155 Å². The molecule has 4 nitrogen and oxygen atoms in total. The molecule has 0 atom stereocenters. The van der Waals surface area contributed by atoms with Crippen LogP contribution in [0.5, 0.6) is 0 Å². The van der Waals surface area contributed by atoms with Crippen LogP contribution in [-0.2, 0) is 5.41 Å². The number of aromatic nitrogens is 3. The van der Waals surface area contributed by atoms with Crippen LogP contribution >= 0.6 is 15.9 Å². The van der Waals surface area contributed by atoms with Crippen molar-refractivity contribution in [1.82, 2.24) is 15.2 Å². The van der Waals surface area contributed by atoms with Crippen LogP contribution in [0, 0.1) is 0 Å². The zero-order valence-electron chi connectivity index (χ0n) is 14.7. The molecule has 0 radical (unpaired) electrons. The number of hydrogen-bond donors (Lipinski definition) is 0. The Balaban J connectivity index is 1.98. The molecule has 4 rings (SSSR count). The van der Waals surface area contributed by atoms with Gasteiger partial charge in [-0.1, -0.05) is 48.0 Å². The maximum absolute atomic E-state index is 5.05. The van der Waals surface area contributed by atoms with Gasteiger partial charge in [-0.15, -0.1) is 10.2 Å². The highest BCUT2D eigenvalue weighted by molar-refractivity contribution is 9.10. The van der Waals surface area contributed by atoms with Gasteiger partial charge in [0.05, 0.1) is 11.1 Å². The summed E-state index contributed by atoms with van der Waals surface area (Å²) in [4.78, 5) is 9.77. The third-order valence-electron chi connectivity index (χ3n) is 5.40. The fourth-order valence-electron chi connectivity index (χ4n) is 3.20. The van der Waals surface area contributed by atoms with Gasteiger partial charge in [-0.3, -0.25) is 4.99 Å². The van der Waals surface area contributed by atoms with Crippen LogP contribution in [0.25, 0.3) is 11.0 Å². The van der Waals surface area contributed by atoms with Crippen molar-refractivity contribution in [2.75, 3.05) is 0 Å². The van der Waals surface area contributed by atoms with Gasteiger partial charge in [-0.05, 0) is 43.7 Å². The smallest absolute Gasteiger partial charge is 0.201 e. The summed E-state index contributed by atoms with van der Waals surface area (Å²) in [6.45, 7) is 8.78. The van der Waals surface area contributed by atoms with Crippen LogP contribution in [0.4, 0.5) is 0 Å². The molecule has 1 aliphatic heterocycles. The van der Waals surface area contributed by atoms with Crippen molar-refractivity contribution < 1.29 is 0 Å². The minimum Gasteiger partial charge on any atom is -0.274 e. The van der Waals surface area contributed by atoms with E-state index in [1.54, 1.807) is 0 Å². The van der Waals surface area contributed by atoms with Crippen LogP contribution in [0.1, 0.15) is 44.6 Å². The highest BCUT2D eigenvalue weighted by Gasteiger charge is 2.44. The lowest BCUT2D eigenvalue weighted by Crippen LogP contribution is -2.46. The van der Waals surface area contributed by atoms with E-state index in [-0.39, 0.29) is 11.0 Å². The number of nitrogens with zero attached hydrogens (tertiary/aromatic N) is 4. The molecule has 0 saturated carbocycles. The standard InChI is InChI=1S/C20H19BrN4/c1-19(2)14-11-12(21)9-10-13(14)17(23-20(19,3)4)18-22-15-7-5-6-8-16(15)24-25-18/h5-11H,1-4H3. The highest BCUT2D eigenvalue weighted by Crippen LogP contribution is 2.44. The number of fused-ring (bicyclic) bond motifs is 2. The number of aliphatic imine (C=N–C) groups is 1. The maximum atomic E-state index is 5.05. The SMILES string of the molecule is CC1(C)N=C(c2nnc3ccccc3n2)c2ccc(Br)cc2C1(C)C. The Morgan fingerprint density at radius 2 is 1.60 bits per heavy atom. The number of benzene rings is 2. The van der Waals surface area contributed by atoms with Crippen LogP contribution < -0.4 is 0 Å². The van der Waals surface area contributed by atoms with Gasteiger partial charge in [0.15, 0.2) is 0 Å². The predicted molar refractivity (Wildman–Crippen MR) is 104 cm³/mol. The predicted octanol–water partition coefficient (Wildman–Crippen LogP) is 4.69. The number of rotatable bonds is 1. The van der Waals surface area contributed by atoms with E-state index in [4.69, 9.17) is 9.98 Å². The van der Waals surface area contributed by atoms with E-state index in [9.17, 15) is 0 Å². The van der Waals surface area contributed by atoms with Crippen LogP contribution in [-0.4, -0.2) is 26.4 Å². The summed E-state index contributed by atoms with van der Waals surface area (Å²) in [7, 11) is 0. The van der Waals surface area contributed by atoms with E-state index in [0.29, 0.717) is 5.82 Å². The molecule has 0 aliphatic carbocycles. The van der Waals surface area contributed by atoms with Gasteiger partial charge >= 0.3 is 0 Å². The number of hydrogen-bond acceptors (Lipinski definition) is 4. The van der Waals surface area contributed by atoms with Crippen LogP contribution in [0.3, 0.4) is 0 Å². The molecule has 2 aromatic carbocycles. The quantitative estimate of drug-likeness (QED) is 0.601. The molecule has 0 spiro atoms. The fraction of sp³-hybridized carbons (Fsp3) is 0.300. The van der Waals surface area contributed by atoms with E-state index >= 15 is 0 Å². The van der Waals surface area contributed by atoms with E-state index in [1.807, 2.05) is 30.3 Å². The molecule has 3 aromatic rings. The second-order valence-corrected chi connectivity index (χ2v) is 8.37. The third-order valence-corrected chi connectivity index (χ3v) is 5.90. The number of halogens is 1. The molecule has 0 saturated heterocycles. The van der Waals surface area contributed by atoms with Crippen molar-refractivity contribution in [2.24, 2.45) is 4.99 Å². The molecule has 0 unspecified atom stereocenters. The summed E-state index contributed by atoms with van der Waals surface area (Å²) in [6, 6.07) is 14.1. The lowest BCUT2D eigenvalue weighted by Gasteiger charge is -2.44. The first-order valence-corrected chi connectivity index (χ1v) is 9.09. The first-order valence-electron chi connectivity index (χ1n) is 8.30. The molecular weight excluding hydrogens is 376 g/mol. The van der Waals surface area contributed by atoms with Crippen molar-refractivity contribution in [3.05, 3.63) is 63.9 Å². The van der Waals surface area contributed by atoms with Crippen molar-refractivity contribution in [3.63, 3.8) is 0 Å². The van der Waals surface area contributed by atoms with Crippen molar-refractivity contribution in [3.8, 4) is 0 Å². The summed E-state index contributed by atoms with van der Waals surface area (Å²) in [5.74, 6) is 0.575. The van der Waals surface area contributed by atoms with E-state index in [1.165, 1.54) is 5.56 Å². The Kier molecular flexibility index (Phi) is 3.55. The van der Waals surface area contributed by atoms with Crippen LogP contribution in [0.15, 0.2) is 51.9 Å². The monoisotopic (exact) mass is 394 g/mol. The van der Waals surface area contributed by atoms with E-state index in [0.717, 1.165) is 26.8 Å². The molecule has 0 N–H and O–H groups in total. The molecule has 5 heteroatoms. The first-order chi connectivity index (χ1) is 11.8. The first kappa shape index (κ1) is 16.3. The summed E-state index contributed by atoms with van der Waals surface area (Å²) in [5.41, 5.74) is 4.35. The van der Waals surface area contributed by atoms with Crippen LogP contribution in [0.2, 0.25) is 0 Å². The van der Waals surface area contributed by atoms with Gasteiger partial charge in [-0.25, -0.2) is 4.98 Å². The zero-order chi connectivity index (χ0) is 17.8.